The molecule has 0 aromatic heterocycles. The molecule has 8 nitrogen and oxygen atoms in total. The van der Waals surface area contributed by atoms with E-state index in [1.807, 2.05) is 0 Å². The molecule has 1 atom stereocenters. The highest BCUT2D eigenvalue weighted by Crippen LogP contribution is 2.33. The number of likely N-dealkylation sites (N-methyl/N-ethyl adjacent to an activating group) is 1. The van der Waals surface area contributed by atoms with Crippen LogP contribution in [0.2, 0.25) is 0 Å². The number of hydrogen-bond acceptors (Lipinski definition) is 4. The molecule has 2 rings (SSSR count). The van der Waals surface area contributed by atoms with Crippen molar-refractivity contribution in [3.05, 3.63) is 23.8 Å². The zero-order chi connectivity index (χ0) is 19.8. The van der Waals surface area contributed by atoms with E-state index >= 15 is 0 Å². The first-order valence-corrected chi connectivity index (χ1v) is 8.23. The second-order valence-corrected chi connectivity index (χ2v) is 7.43. The Morgan fingerprint density at radius 1 is 1.27 bits per heavy atom. The molecule has 0 aliphatic carbocycles. The van der Waals surface area contributed by atoms with Gasteiger partial charge in [0.1, 0.15) is 18.4 Å². The van der Waals surface area contributed by atoms with Crippen molar-refractivity contribution in [2.75, 3.05) is 32.6 Å². The summed E-state index contributed by atoms with van der Waals surface area (Å²) in [6.07, 6.45) is -1.19. The van der Waals surface area contributed by atoms with Crippen molar-refractivity contribution in [1.29, 1.82) is 0 Å². The molecule has 1 N–H and O–H groups in total. The Morgan fingerprint density at radius 3 is 2.38 bits per heavy atom. The summed E-state index contributed by atoms with van der Waals surface area (Å²) in [5.74, 6) is -0.176. The molecule has 1 aliphatic heterocycles. The average molecular weight is 363 g/mol. The summed E-state index contributed by atoms with van der Waals surface area (Å²) in [4.78, 5) is 40.8. The second kappa shape index (κ2) is 6.86. The first kappa shape index (κ1) is 19.6. The molecule has 3 amide bonds. The van der Waals surface area contributed by atoms with Gasteiger partial charge in [0.05, 0.1) is 5.69 Å². The molecule has 0 saturated heterocycles. The Balaban J connectivity index is 2.44. The largest absolute Gasteiger partial charge is 0.489 e. The molecule has 142 valence electrons. The molecule has 0 unspecified atom stereocenters. The van der Waals surface area contributed by atoms with Crippen molar-refractivity contribution >= 4 is 23.6 Å². The Labute approximate surface area is 152 Å². The number of nitrogens with zero attached hydrogens (tertiary/aromatic N) is 3. The minimum Gasteiger partial charge on any atom is -0.489 e. The van der Waals surface area contributed by atoms with E-state index in [4.69, 9.17) is 4.74 Å². The Kier molecular flexibility index (Phi) is 5.16. The molecular weight excluding hydrogens is 338 g/mol. The monoisotopic (exact) mass is 363 g/mol. The van der Waals surface area contributed by atoms with E-state index in [0.717, 1.165) is 4.90 Å². The van der Waals surface area contributed by atoms with E-state index < -0.39 is 23.6 Å². The van der Waals surface area contributed by atoms with Gasteiger partial charge in [0, 0.05) is 32.2 Å². The smallest absolute Gasteiger partial charge is 0.408 e. The highest BCUT2D eigenvalue weighted by Gasteiger charge is 2.41. The first-order valence-electron chi connectivity index (χ1n) is 8.23. The second-order valence-electron chi connectivity index (χ2n) is 7.43. The number of carbonyl (C=O) groups is 3. The van der Waals surface area contributed by atoms with Crippen LogP contribution in [0, 0.1) is 0 Å². The lowest BCUT2D eigenvalue weighted by Gasteiger charge is -2.38. The zero-order valence-electron chi connectivity index (χ0n) is 15.9. The summed E-state index contributed by atoms with van der Waals surface area (Å²) in [7, 11) is 4.84. The molecule has 0 saturated carbocycles. The van der Waals surface area contributed by atoms with E-state index in [-0.39, 0.29) is 12.5 Å². The Hall–Kier alpha value is -2.77. The van der Waals surface area contributed by atoms with Crippen molar-refractivity contribution in [2.45, 2.75) is 32.4 Å². The maximum atomic E-state index is 13.0. The third kappa shape index (κ3) is 3.58. The summed E-state index contributed by atoms with van der Waals surface area (Å²) < 4.78 is 5.73. The minimum atomic E-state index is -1.19. The predicted octanol–water partition coefficient (Wildman–Crippen LogP) is 1.89. The van der Waals surface area contributed by atoms with Crippen LogP contribution in [0.3, 0.4) is 0 Å². The number of benzene rings is 1. The number of fused-ring (bicyclic) bond motifs is 1. The molecule has 8 heteroatoms. The van der Waals surface area contributed by atoms with Crippen LogP contribution in [0.15, 0.2) is 18.2 Å². The van der Waals surface area contributed by atoms with Gasteiger partial charge in [-0.3, -0.25) is 14.5 Å². The standard InChI is InChI=1S/C18H25N3O5/c1-18(2,3)21(17(24)25)13-10-26-14-8-7-11(15(22)19(4)5)9-12(14)20(6)16(13)23/h7-9,13H,10H2,1-6H3,(H,24,25)/t13-/m0/s1. The average Bonchev–Trinajstić information content (AvgIpc) is 2.64. The molecule has 0 spiro atoms. The number of carbonyl (C=O) groups excluding carboxylic acids is 2. The molecule has 1 aromatic rings. The van der Waals surface area contributed by atoms with Gasteiger partial charge in [-0.2, -0.15) is 0 Å². The van der Waals surface area contributed by atoms with Gasteiger partial charge >= 0.3 is 6.09 Å². The lowest BCUT2D eigenvalue weighted by Crippen LogP contribution is -2.58. The SMILES string of the molecule is CN(C)C(=O)c1ccc2c(c1)N(C)C(=O)[C@@H](N(C(=O)O)C(C)(C)C)CO2. The molecule has 0 bridgehead atoms. The van der Waals surface area contributed by atoms with Crippen LogP contribution in [-0.4, -0.2) is 72.1 Å². The third-order valence-corrected chi connectivity index (χ3v) is 4.23. The quantitative estimate of drug-likeness (QED) is 0.867. The van der Waals surface area contributed by atoms with Crippen molar-refractivity contribution < 1.29 is 24.2 Å². The van der Waals surface area contributed by atoms with E-state index in [0.29, 0.717) is 17.0 Å². The van der Waals surface area contributed by atoms with E-state index in [1.165, 1.54) is 9.80 Å². The lowest BCUT2D eigenvalue weighted by molar-refractivity contribution is -0.125. The van der Waals surface area contributed by atoms with Gasteiger partial charge in [-0.05, 0) is 39.0 Å². The molecule has 1 aromatic carbocycles. The van der Waals surface area contributed by atoms with Crippen LogP contribution in [0.25, 0.3) is 0 Å². The van der Waals surface area contributed by atoms with Gasteiger partial charge < -0.3 is 19.6 Å². The maximum Gasteiger partial charge on any atom is 0.408 e. The van der Waals surface area contributed by atoms with Crippen LogP contribution in [-0.2, 0) is 4.79 Å². The number of anilines is 1. The first-order chi connectivity index (χ1) is 11.9. The fourth-order valence-corrected chi connectivity index (χ4v) is 2.95. The fraction of sp³-hybridized carbons (Fsp3) is 0.500. The van der Waals surface area contributed by atoms with Crippen LogP contribution >= 0.6 is 0 Å². The highest BCUT2D eigenvalue weighted by atomic mass is 16.5. The van der Waals surface area contributed by atoms with Gasteiger partial charge in [-0.15, -0.1) is 0 Å². The van der Waals surface area contributed by atoms with Gasteiger partial charge in [0.15, 0.2) is 0 Å². The van der Waals surface area contributed by atoms with Crippen molar-refractivity contribution in [2.24, 2.45) is 0 Å². The van der Waals surface area contributed by atoms with Crippen molar-refractivity contribution in [3.63, 3.8) is 0 Å². The van der Waals surface area contributed by atoms with Crippen LogP contribution in [0.5, 0.6) is 5.75 Å². The summed E-state index contributed by atoms with van der Waals surface area (Å²) in [6, 6.07) is 3.84. The van der Waals surface area contributed by atoms with Gasteiger partial charge in [0.25, 0.3) is 11.8 Å². The zero-order valence-corrected chi connectivity index (χ0v) is 15.9. The molecule has 0 radical (unpaired) electrons. The number of amides is 3. The van der Waals surface area contributed by atoms with Crippen molar-refractivity contribution in [1.82, 2.24) is 9.80 Å². The van der Waals surface area contributed by atoms with Gasteiger partial charge in [-0.25, -0.2) is 4.79 Å². The minimum absolute atomic E-state index is 0.0965. The molecule has 1 aliphatic rings. The summed E-state index contributed by atoms with van der Waals surface area (Å²) in [5.41, 5.74) is 0.0738. The molecule has 26 heavy (non-hydrogen) atoms. The molecule has 1 heterocycles. The summed E-state index contributed by atoms with van der Waals surface area (Å²) in [6.45, 7) is 5.07. The number of rotatable bonds is 2. The fourth-order valence-electron chi connectivity index (χ4n) is 2.95. The third-order valence-electron chi connectivity index (χ3n) is 4.23. The maximum absolute atomic E-state index is 13.0. The molecule has 0 fully saturated rings. The van der Waals surface area contributed by atoms with Gasteiger partial charge in [-0.1, -0.05) is 0 Å². The number of hydrogen-bond donors (Lipinski definition) is 1. The number of ether oxygens (including phenoxy) is 1. The van der Waals surface area contributed by atoms with Crippen molar-refractivity contribution in [3.8, 4) is 5.75 Å². The Morgan fingerprint density at radius 2 is 1.88 bits per heavy atom. The van der Waals surface area contributed by atoms with Crippen LogP contribution in [0.4, 0.5) is 10.5 Å². The van der Waals surface area contributed by atoms with E-state index in [1.54, 1.807) is 60.1 Å². The Bertz CT molecular complexity index is 739. The highest BCUT2D eigenvalue weighted by molar-refractivity contribution is 6.02. The normalized spacial score (nSPS) is 17.1. The molecular formula is C18H25N3O5. The predicted molar refractivity (Wildman–Crippen MR) is 96.8 cm³/mol. The summed E-state index contributed by atoms with van der Waals surface area (Å²) in [5, 5.41) is 9.60. The van der Waals surface area contributed by atoms with Crippen LogP contribution < -0.4 is 9.64 Å². The number of carboxylic acid groups (broad SMARTS) is 1. The summed E-state index contributed by atoms with van der Waals surface area (Å²) >= 11 is 0. The topological polar surface area (TPSA) is 90.4 Å². The van der Waals surface area contributed by atoms with Crippen LogP contribution in [0.1, 0.15) is 31.1 Å². The lowest BCUT2D eigenvalue weighted by atomic mass is 10.0. The van der Waals surface area contributed by atoms with E-state index in [9.17, 15) is 19.5 Å². The van der Waals surface area contributed by atoms with E-state index in [2.05, 4.69) is 0 Å². The van der Waals surface area contributed by atoms with Gasteiger partial charge in [0.2, 0.25) is 0 Å².